The Bertz CT molecular complexity index is 420. The van der Waals surface area contributed by atoms with E-state index in [1.54, 1.807) is 7.11 Å². The third-order valence-corrected chi connectivity index (χ3v) is 3.24. The number of benzene rings is 1. The van der Waals surface area contributed by atoms with E-state index in [-0.39, 0.29) is 12.0 Å². The first-order chi connectivity index (χ1) is 8.99. The smallest absolute Gasteiger partial charge is 0.305 e. The van der Waals surface area contributed by atoms with E-state index in [9.17, 15) is 4.79 Å². The molecule has 0 saturated heterocycles. The highest BCUT2D eigenvalue weighted by Gasteiger charge is 2.11. The second-order valence-corrected chi connectivity index (χ2v) is 4.76. The molecule has 0 saturated carbocycles. The molecule has 1 atom stereocenters. The van der Waals surface area contributed by atoms with E-state index in [1.807, 2.05) is 13.8 Å². The monoisotopic (exact) mass is 265 g/mol. The molecule has 0 amide bonds. The van der Waals surface area contributed by atoms with Crippen molar-refractivity contribution in [2.45, 2.75) is 39.2 Å². The summed E-state index contributed by atoms with van der Waals surface area (Å²) in [4.78, 5) is 11.0. The average molecular weight is 265 g/mol. The van der Waals surface area contributed by atoms with E-state index < -0.39 is 0 Å². The zero-order valence-electron chi connectivity index (χ0n) is 12.2. The van der Waals surface area contributed by atoms with Crippen LogP contribution in [0.3, 0.4) is 0 Å². The van der Waals surface area contributed by atoms with Gasteiger partial charge in [-0.15, -0.1) is 0 Å². The maximum atomic E-state index is 11.0. The van der Waals surface area contributed by atoms with Crippen LogP contribution >= 0.6 is 0 Å². The van der Waals surface area contributed by atoms with Crippen LogP contribution in [0.5, 0.6) is 5.75 Å². The zero-order chi connectivity index (χ0) is 14.4. The maximum absolute atomic E-state index is 11.0. The Kier molecular flexibility index (Phi) is 5.83. The van der Waals surface area contributed by atoms with Crippen LogP contribution in [0, 0.1) is 13.8 Å². The summed E-state index contributed by atoms with van der Waals surface area (Å²) >= 11 is 0. The number of hydrogen-bond donors (Lipinski definition) is 1. The minimum atomic E-state index is -0.186. The van der Waals surface area contributed by atoms with Crippen LogP contribution in [0.1, 0.15) is 42.0 Å². The molecule has 1 aromatic carbocycles. The summed E-state index contributed by atoms with van der Waals surface area (Å²) in [6.45, 7) is 4.02. The van der Waals surface area contributed by atoms with Crippen molar-refractivity contribution >= 4 is 5.97 Å². The second kappa shape index (κ2) is 7.14. The van der Waals surface area contributed by atoms with Crippen molar-refractivity contribution in [3.63, 3.8) is 0 Å². The topological polar surface area (TPSA) is 61.5 Å². The molecule has 0 fully saturated rings. The lowest BCUT2D eigenvalue weighted by atomic mass is 9.97. The van der Waals surface area contributed by atoms with Crippen molar-refractivity contribution in [1.82, 2.24) is 0 Å². The Hall–Kier alpha value is -1.55. The minimum Gasteiger partial charge on any atom is -0.496 e. The van der Waals surface area contributed by atoms with E-state index in [0.29, 0.717) is 6.42 Å². The number of ether oxygens (including phenoxy) is 2. The molecule has 19 heavy (non-hydrogen) atoms. The van der Waals surface area contributed by atoms with E-state index in [4.69, 9.17) is 10.5 Å². The largest absolute Gasteiger partial charge is 0.496 e. The first kappa shape index (κ1) is 15.5. The Morgan fingerprint density at radius 1 is 1.26 bits per heavy atom. The highest BCUT2D eigenvalue weighted by Crippen LogP contribution is 2.28. The first-order valence-electron chi connectivity index (χ1n) is 6.47. The third kappa shape index (κ3) is 4.24. The van der Waals surface area contributed by atoms with Gasteiger partial charge in [-0.2, -0.15) is 0 Å². The fourth-order valence-electron chi connectivity index (χ4n) is 2.25. The van der Waals surface area contributed by atoms with Crippen molar-refractivity contribution < 1.29 is 14.3 Å². The first-order valence-corrected chi connectivity index (χ1v) is 6.47. The van der Waals surface area contributed by atoms with Crippen LogP contribution in [0.4, 0.5) is 0 Å². The van der Waals surface area contributed by atoms with Crippen molar-refractivity contribution in [1.29, 1.82) is 0 Å². The average Bonchev–Trinajstić information content (AvgIpc) is 2.37. The molecule has 0 radical (unpaired) electrons. The van der Waals surface area contributed by atoms with Crippen molar-refractivity contribution in [2.24, 2.45) is 5.73 Å². The van der Waals surface area contributed by atoms with Gasteiger partial charge >= 0.3 is 5.97 Å². The second-order valence-electron chi connectivity index (χ2n) is 4.76. The molecule has 0 aromatic heterocycles. The molecule has 0 heterocycles. The number of aryl methyl sites for hydroxylation is 2. The molecule has 4 heteroatoms. The van der Waals surface area contributed by atoms with Gasteiger partial charge < -0.3 is 15.2 Å². The van der Waals surface area contributed by atoms with Gasteiger partial charge in [0, 0.05) is 12.5 Å². The summed E-state index contributed by atoms with van der Waals surface area (Å²) in [5, 5.41) is 0. The summed E-state index contributed by atoms with van der Waals surface area (Å²) in [6.07, 6.45) is 1.91. The molecule has 1 unspecified atom stereocenters. The number of hydrogen-bond acceptors (Lipinski definition) is 4. The SMILES string of the molecule is COC(=O)CCCC(N)c1cc(C)c(OC)c(C)c1. The van der Waals surface area contributed by atoms with Crippen molar-refractivity contribution in [3.8, 4) is 5.75 Å². The Morgan fingerprint density at radius 3 is 2.32 bits per heavy atom. The van der Waals surface area contributed by atoms with Crippen LogP contribution < -0.4 is 10.5 Å². The lowest BCUT2D eigenvalue weighted by molar-refractivity contribution is -0.140. The molecule has 0 bridgehead atoms. The Labute approximate surface area is 114 Å². The molecule has 0 spiro atoms. The van der Waals surface area contributed by atoms with Gasteiger partial charge in [0.2, 0.25) is 0 Å². The van der Waals surface area contributed by atoms with E-state index in [2.05, 4.69) is 16.9 Å². The Balaban J connectivity index is 2.67. The quantitative estimate of drug-likeness (QED) is 0.803. The van der Waals surface area contributed by atoms with Crippen LogP contribution in [-0.2, 0) is 9.53 Å². The summed E-state index contributed by atoms with van der Waals surface area (Å²) in [5.74, 6) is 0.722. The molecule has 0 aliphatic heterocycles. The van der Waals surface area contributed by atoms with Crippen molar-refractivity contribution in [2.75, 3.05) is 14.2 Å². The standard InChI is InChI=1S/C15H23NO3/c1-10-8-12(9-11(2)15(10)19-4)13(16)6-5-7-14(17)18-3/h8-9,13H,5-7,16H2,1-4H3. The van der Waals surface area contributed by atoms with Gasteiger partial charge in [0.05, 0.1) is 14.2 Å². The predicted octanol–water partition coefficient (Wildman–Crippen LogP) is 2.66. The van der Waals surface area contributed by atoms with Crippen molar-refractivity contribution in [3.05, 3.63) is 28.8 Å². The van der Waals surface area contributed by atoms with E-state index >= 15 is 0 Å². The number of carbonyl (C=O) groups is 1. The molecule has 1 aromatic rings. The lowest BCUT2D eigenvalue weighted by Gasteiger charge is -2.16. The summed E-state index contributed by atoms with van der Waals surface area (Å²) in [5.41, 5.74) is 9.41. The molecule has 2 N–H and O–H groups in total. The normalized spacial score (nSPS) is 12.1. The highest BCUT2D eigenvalue weighted by molar-refractivity contribution is 5.69. The fraction of sp³-hybridized carbons (Fsp3) is 0.533. The predicted molar refractivity (Wildman–Crippen MR) is 75.3 cm³/mol. The van der Waals surface area contributed by atoms with E-state index in [1.165, 1.54) is 7.11 Å². The van der Waals surface area contributed by atoms with Crippen LogP contribution in [0.25, 0.3) is 0 Å². The van der Waals surface area contributed by atoms with Crippen LogP contribution in [-0.4, -0.2) is 20.2 Å². The minimum absolute atomic E-state index is 0.0621. The molecule has 0 aliphatic rings. The number of nitrogens with two attached hydrogens (primary N) is 1. The summed E-state index contributed by atoms with van der Waals surface area (Å²) in [6, 6.07) is 4.04. The van der Waals surface area contributed by atoms with Crippen LogP contribution in [0.2, 0.25) is 0 Å². The molecule has 1 rings (SSSR count). The molecular weight excluding hydrogens is 242 g/mol. The van der Waals surface area contributed by atoms with Gasteiger partial charge in [-0.05, 0) is 43.4 Å². The number of rotatable bonds is 6. The molecule has 4 nitrogen and oxygen atoms in total. The van der Waals surface area contributed by atoms with Gasteiger partial charge in [-0.1, -0.05) is 12.1 Å². The lowest BCUT2D eigenvalue weighted by Crippen LogP contribution is -2.12. The van der Waals surface area contributed by atoms with E-state index in [0.717, 1.165) is 35.3 Å². The fourth-order valence-corrected chi connectivity index (χ4v) is 2.25. The maximum Gasteiger partial charge on any atom is 0.305 e. The zero-order valence-corrected chi connectivity index (χ0v) is 12.2. The summed E-state index contributed by atoms with van der Waals surface area (Å²) in [7, 11) is 3.07. The van der Waals surface area contributed by atoms with Gasteiger partial charge in [-0.3, -0.25) is 4.79 Å². The third-order valence-electron chi connectivity index (χ3n) is 3.24. The Morgan fingerprint density at radius 2 is 1.84 bits per heavy atom. The van der Waals surface area contributed by atoms with Crippen LogP contribution in [0.15, 0.2) is 12.1 Å². The summed E-state index contributed by atoms with van der Waals surface area (Å²) < 4.78 is 9.95. The highest BCUT2D eigenvalue weighted by atomic mass is 16.5. The van der Waals surface area contributed by atoms with Gasteiger partial charge in [0.1, 0.15) is 5.75 Å². The van der Waals surface area contributed by atoms with Gasteiger partial charge in [0.25, 0.3) is 0 Å². The number of carbonyl (C=O) groups excluding carboxylic acids is 1. The number of esters is 1. The molecule has 106 valence electrons. The van der Waals surface area contributed by atoms with Gasteiger partial charge in [0.15, 0.2) is 0 Å². The number of methoxy groups -OCH3 is 2. The molecular formula is C15H23NO3. The molecule has 0 aliphatic carbocycles. The van der Waals surface area contributed by atoms with Gasteiger partial charge in [-0.25, -0.2) is 0 Å².